The van der Waals surface area contributed by atoms with E-state index < -0.39 is 0 Å². The van der Waals surface area contributed by atoms with Crippen LogP contribution in [0.3, 0.4) is 0 Å². The second-order valence-electron chi connectivity index (χ2n) is 5.78. The second kappa shape index (κ2) is 8.55. The van der Waals surface area contributed by atoms with Gasteiger partial charge in [0.05, 0.1) is 0 Å². The lowest BCUT2D eigenvalue weighted by Gasteiger charge is -2.23. The molecule has 0 radical (unpaired) electrons. The van der Waals surface area contributed by atoms with Gasteiger partial charge in [0.15, 0.2) is 0 Å². The summed E-state index contributed by atoms with van der Waals surface area (Å²) in [6, 6.07) is 5.03. The highest BCUT2D eigenvalue weighted by Crippen LogP contribution is 2.25. The average Bonchev–Trinajstić information content (AvgIpc) is 2.41. The molecule has 0 spiro atoms. The topological polar surface area (TPSA) is 12.0 Å². The smallest absolute Gasteiger partial charge is 0.124 e. The molecule has 0 aliphatic heterocycles. The van der Waals surface area contributed by atoms with E-state index in [1.165, 1.54) is 49.8 Å². The highest BCUT2D eigenvalue weighted by molar-refractivity contribution is 6.31. The van der Waals surface area contributed by atoms with Crippen LogP contribution < -0.4 is 5.32 Å². The molecule has 1 aromatic rings. The first-order chi connectivity index (χ1) is 10.2. The third-order valence-corrected chi connectivity index (χ3v) is 4.52. The zero-order chi connectivity index (χ0) is 15.1. The van der Waals surface area contributed by atoms with Gasteiger partial charge < -0.3 is 5.32 Å². The van der Waals surface area contributed by atoms with Crippen LogP contribution in [0.1, 0.15) is 51.0 Å². The molecule has 1 unspecified atom stereocenters. The van der Waals surface area contributed by atoms with Crippen LogP contribution in [0.2, 0.25) is 5.02 Å². The molecule has 21 heavy (non-hydrogen) atoms. The van der Waals surface area contributed by atoms with E-state index in [1.54, 1.807) is 0 Å². The molecule has 0 saturated carbocycles. The van der Waals surface area contributed by atoms with E-state index in [-0.39, 0.29) is 5.82 Å². The van der Waals surface area contributed by atoms with E-state index in [2.05, 4.69) is 18.3 Å². The zero-order valence-corrected chi connectivity index (χ0v) is 13.6. The number of benzene rings is 1. The fourth-order valence-corrected chi connectivity index (χ4v) is 3.27. The fraction of sp³-hybridized carbons (Fsp3) is 0.556. The summed E-state index contributed by atoms with van der Waals surface area (Å²) >= 11 is 6.18. The predicted molar refractivity (Wildman–Crippen MR) is 88.4 cm³/mol. The summed E-state index contributed by atoms with van der Waals surface area (Å²) in [5.74, 6) is -0.270. The van der Waals surface area contributed by atoms with Gasteiger partial charge in [-0.15, -0.1) is 0 Å². The quantitative estimate of drug-likeness (QED) is 0.730. The van der Waals surface area contributed by atoms with Gasteiger partial charge in [-0.1, -0.05) is 49.1 Å². The lowest BCUT2D eigenvalue weighted by molar-refractivity contribution is 0.535. The van der Waals surface area contributed by atoms with Gasteiger partial charge in [0.2, 0.25) is 0 Å². The molecule has 0 heterocycles. The van der Waals surface area contributed by atoms with Gasteiger partial charge in [-0.05, 0) is 56.3 Å². The summed E-state index contributed by atoms with van der Waals surface area (Å²) < 4.78 is 13.2. The number of hydrogen-bond acceptors (Lipinski definition) is 1. The SMILES string of the molecule is CCNC(Cc1ccc(F)cc1Cl)/C1=C/CCCCCC1. The van der Waals surface area contributed by atoms with E-state index >= 15 is 0 Å². The maximum Gasteiger partial charge on any atom is 0.124 e. The van der Waals surface area contributed by atoms with E-state index in [0.29, 0.717) is 11.1 Å². The van der Waals surface area contributed by atoms with Crippen LogP contribution in [0.4, 0.5) is 4.39 Å². The molecule has 1 nitrogen and oxygen atoms in total. The van der Waals surface area contributed by atoms with Crippen molar-refractivity contribution < 1.29 is 4.39 Å². The van der Waals surface area contributed by atoms with Crippen molar-refractivity contribution in [1.82, 2.24) is 5.32 Å². The van der Waals surface area contributed by atoms with Gasteiger partial charge in [-0.2, -0.15) is 0 Å². The molecule has 3 heteroatoms. The molecule has 1 aromatic carbocycles. The summed E-state index contributed by atoms with van der Waals surface area (Å²) in [6.45, 7) is 3.06. The molecule has 2 rings (SSSR count). The summed E-state index contributed by atoms with van der Waals surface area (Å²) in [7, 11) is 0. The Morgan fingerprint density at radius 1 is 1.24 bits per heavy atom. The third-order valence-electron chi connectivity index (χ3n) is 4.16. The standard InChI is InChI=1S/C18H25ClFN/c1-2-21-18(14-8-6-4-3-5-7-9-14)12-15-10-11-16(20)13-17(15)19/h8,10-11,13,18,21H,2-7,9,12H2,1H3/b14-8+. The summed E-state index contributed by atoms with van der Waals surface area (Å²) in [5, 5.41) is 4.10. The number of likely N-dealkylation sites (N-methyl/N-ethyl adjacent to an activating group) is 1. The molecule has 1 N–H and O–H groups in total. The van der Waals surface area contributed by atoms with Gasteiger partial charge in [-0.3, -0.25) is 0 Å². The van der Waals surface area contributed by atoms with Gasteiger partial charge >= 0.3 is 0 Å². The lowest BCUT2D eigenvalue weighted by atomic mass is 9.91. The van der Waals surface area contributed by atoms with Gasteiger partial charge in [-0.25, -0.2) is 4.39 Å². The molecule has 0 bridgehead atoms. The first-order valence-electron chi connectivity index (χ1n) is 8.07. The number of allylic oxidation sites excluding steroid dienone is 1. The molecule has 1 aliphatic carbocycles. The van der Waals surface area contributed by atoms with Crippen molar-refractivity contribution in [2.75, 3.05) is 6.54 Å². The van der Waals surface area contributed by atoms with Crippen LogP contribution in [0.5, 0.6) is 0 Å². The molecule has 0 saturated heterocycles. The van der Waals surface area contributed by atoms with Crippen molar-refractivity contribution in [3.8, 4) is 0 Å². The molecule has 0 aromatic heterocycles. The van der Waals surface area contributed by atoms with Crippen molar-refractivity contribution in [2.45, 2.75) is 57.9 Å². The van der Waals surface area contributed by atoms with Crippen LogP contribution in [0.25, 0.3) is 0 Å². The van der Waals surface area contributed by atoms with Crippen molar-refractivity contribution in [3.05, 3.63) is 46.3 Å². The lowest BCUT2D eigenvalue weighted by Crippen LogP contribution is -2.33. The number of hydrogen-bond donors (Lipinski definition) is 1. The molecular formula is C18H25ClFN. The molecule has 0 fully saturated rings. The van der Waals surface area contributed by atoms with E-state index in [9.17, 15) is 4.39 Å². The Morgan fingerprint density at radius 2 is 2.05 bits per heavy atom. The van der Waals surface area contributed by atoms with E-state index in [1.807, 2.05) is 6.07 Å². The highest BCUT2D eigenvalue weighted by atomic mass is 35.5. The third kappa shape index (κ3) is 5.12. The summed E-state index contributed by atoms with van der Waals surface area (Å²) in [5.41, 5.74) is 2.52. The molecule has 116 valence electrons. The Morgan fingerprint density at radius 3 is 2.81 bits per heavy atom. The Kier molecular flexibility index (Phi) is 6.72. The first-order valence-corrected chi connectivity index (χ1v) is 8.44. The van der Waals surface area contributed by atoms with Crippen molar-refractivity contribution in [2.24, 2.45) is 0 Å². The Balaban J connectivity index is 2.13. The maximum atomic E-state index is 13.2. The molecule has 1 atom stereocenters. The zero-order valence-electron chi connectivity index (χ0n) is 12.8. The Bertz CT molecular complexity index is 484. The van der Waals surface area contributed by atoms with E-state index in [0.717, 1.165) is 24.9 Å². The number of halogens is 2. The molecular weight excluding hydrogens is 285 g/mol. The molecule has 1 aliphatic rings. The van der Waals surface area contributed by atoms with Crippen molar-refractivity contribution in [3.63, 3.8) is 0 Å². The number of rotatable bonds is 5. The van der Waals surface area contributed by atoms with Crippen LogP contribution >= 0.6 is 11.6 Å². The predicted octanol–water partition coefficient (Wildman–Crippen LogP) is 5.28. The highest BCUT2D eigenvalue weighted by Gasteiger charge is 2.16. The monoisotopic (exact) mass is 309 g/mol. The largest absolute Gasteiger partial charge is 0.310 e. The Hall–Kier alpha value is -0.860. The summed E-state index contributed by atoms with van der Waals surface area (Å²) in [4.78, 5) is 0. The summed E-state index contributed by atoms with van der Waals surface area (Å²) in [6.07, 6.45) is 10.8. The first kappa shape index (κ1) is 16.5. The minimum Gasteiger partial charge on any atom is -0.310 e. The van der Waals surface area contributed by atoms with Gasteiger partial charge in [0, 0.05) is 11.1 Å². The second-order valence-corrected chi connectivity index (χ2v) is 6.19. The van der Waals surface area contributed by atoms with Gasteiger partial charge in [0.1, 0.15) is 5.82 Å². The van der Waals surface area contributed by atoms with Crippen molar-refractivity contribution in [1.29, 1.82) is 0 Å². The van der Waals surface area contributed by atoms with Crippen LogP contribution in [-0.4, -0.2) is 12.6 Å². The van der Waals surface area contributed by atoms with Gasteiger partial charge in [0.25, 0.3) is 0 Å². The Labute approximate surface area is 132 Å². The van der Waals surface area contributed by atoms with E-state index in [4.69, 9.17) is 11.6 Å². The van der Waals surface area contributed by atoms with Crippen LogP contribution in [0.15, 0.2) is 29.8 Å². The van der Waals surface area contributed by atoms with Crippen LogP contribution in [-0.2, 0) is 6.42 Å². The molecule has 0 amide bonds. The van der Waals surface area contributed by atoms with Crippen LogP contribution in [0, 0.1) is 5.82 Å². The minimum atomic E-state index is -0.270. The maximum absolute atomic E-state index is 13.2. The number of nitrogens with one attached hydrogen (secondary N) is 1. The normalized spacial score (nSPS) is 20.2. The minimum absolute atomic E-state index is 0.270. The van der Waals surface area contributed by atoms with Crippen molar-refractivity contribution >= 4 is 11.6 Å². The fourth-order valence-electron chi connectivity index (χ4n) is 3.02. The average molecular weight is 310 g/mol.